The molecule has 0 N–H and O–H groups in total. The summed E-state index contributed by atoms with van der Waals surface area (Å²) in [5, 5.41) is 6.73. The SMILES string of the molecule is C1=C(c2ccccc2)C=c2c1cc1cccc3cccc2c31. The van der Waals surface area contributed by atoms with E-state index in [9.17, 15) is 0 Å². The van der Waals surface area contributed by atoms with Gasteiger partial charge in [-0.25, -0.2) is 0 Å². The zero-order chi connectivity index (χ0) is 14.5. The predicted octanol–water partition coefficient (Wildman–Crippen LogP) is 5.05. The standard InChI is InChI=1S/C22H14/c1-2-6-15(7-3-1)18-13-19-12-17-10-4-8-16-9-5-11-20(22(16)17)21(19)14-18/h1-14H. The van der Waals surface area contributed by atoms with Gasteiger partial charge in [-0.3, -0.25) is 0 Å². The van der Waals surface area contributed by atoms with E-state index in [1.807, 2.05) is 0 Å². The Kier molecular flexibility index (Phi) is 2.31. The third kappa shape index (κ3) is 1.58. The van der Waals surface area contributed by atoms with Gasteiger partial charge >= 0.3 is 0 Å². The van der Waals surface area contributed by atoms with E-state index in [1.165, 1.54) is 43.5 Å². The van der Waals surface area contributed by atoms with Crippen LogP contribution in [0.3, 0.4) is 0 Å². The van der Waals surface area contributed by atoms with Crippen LogP contribution in [-0.4, -0.2) is 0 Å². The highest BCUT2D eigenvalue weighted by Crippen LogP contribution is 2.30. The molecule has 0 bridgehead atoms. The topological polar surface area (TPSA) is 0 Å². The summed E-state index contributed by atoms with van der Waals surface area (Å²) >= 11 is 0. The summed E-state index contributed by atoms with van der Waals surface area (Å²) in [6.07, 6.45) is 4.63. The molecule has 0 spiro atoms. The van der Waals surface area contributed by atoms with Gasteiger partial charge in [-0.15, -0.1) is 0 Å². The molecule has 1 aliphatic rings. The van der Waals surface area contributed by atoms with E-state index < -0.39 is 0 Å². The van der Waals surface area contributed by atoms with Crippen LogP contribution in [0.2, 0.25) is 0 Å². The molecule has 4 aromatic rings. The van der Waals surface area contributed by atoms with Crippen molar-refractivity contribution in [2.75, 3.05) is 0 Å². The van der Waals surface area contributed by atoms with E-state index in [0.29, 0.717) is 0 Å². The number of hydrogen-bond donors (Lipinski definition) is 0. The van der Waals surface area contributed by atoms with Gasteiger partial charge in [0.15, 0.2) is 0 Å². The van der Waals surface area contributed by atoms with Crippen molar-refractivity contribution < 1.29 is 0 Å². The molecule has 0 saturated heterocycles. The molecule has 22 heavy (non-hydrogen) atoms. The molecular formula is C22H14. The van der Waals surface area contributed by atoms with E-state index in [0.717, 1.165) is 0 Å². The smallest absolute Gasteiger partial charge is 0.00324 e. The van der Waals surface area contributed by atoms with Crippen molar-refractivity contribution >= 4 is 39.3 Å². The predicted molar refractivity (Wildman–Crippen MR) is 95.5 cm³/mol. The third-order valence-corrected chi connectivity index (χ3v) is 4.57. The lowest BCUT2D eigenvalue weighted by Crippen LogP contribution is -2.04. The lowest BCUT2D eigenvalue weighted by Gasteiger charge is -2.07. The highest BCUT2D eigenvalue weighted by Gasteiger charge is 2.12. The van der Waals surface area contributed by atoms with Gasteiger partial charge in [0.2, 0.25) is 0 Å². The summed E-state index contributed by atoms with van der Waals surface area (Å²) in [5.41, 5.74) is 3.90. The maximum Gasteiger partial charge on any atom is -0.00324 e. The number of benzene rings is 4. The molecule has 102 valence electrons. The zero-order valence-electron chi connectivity index (χ0n) is 12.1. The molecule has 0 fully saturated rings. The average molecular weight is 278 g/mol. The Morgan fingerprint density at radius 1 is 0.591 bits per heavy atom. The Morgan fingerprint density at radius 3 is 2.23 bits per heavy atom. The van der Waals surface area contributed by atoms with Crippen LogP contribution in [0.5, 0.6) is 0 Å². The van der Waals surface area contributed by atoms with Crippen LogP contribution in [0.15, 0.2) is 72.8 Å². The van der Waals surface area contributed by atoms with Crippen LogP contribution < -0.4 is 5.22 Å². The maximum atomic E-state index is 2.33. The molecule has 1 aliphatic carbocycles. The lowest BCUT2D eigenvalue weighted by atomic mass is 9.97. The van der Waals surface area contributed by atoms with Crippen LogP contribution >= 0.6 is 0 Å². The van der Waals surface area contributed by atoms with E-state index in [1.54, 1.807) is 0 Å². The summed E-state index contributed by atoms with van der Waals surface area (Å²) in [6, 6.07) is 26.1. The Hall–Kier alpha value is -2.86. The maximum absolute atomic E-state index is 2.33. The summed E-state index contributed by atoms with van der Waals surface area (Å²) in [6.45, 7) is 0. The zero-order valence-corrected chi connectivity index (χ0v) is 12.1. The van der Waals surface area contributed by atoms with Gasteiger partial charge in [0, 0.05) is 0 Å². The molecule has 0 aromatic heterocycles. The summed E-state index contributed by atoms with van der Waals surface area (Å²) in [4.78, 5) is 0. The first kappa shape index (κ1) is 11.8. The Balaban J connectivity index is 1.88. The van der Waals surface area contributed by atoms with Gasteiger partial charge in [-0.05, 0) is 61.7 Å². The van der Waals surface area contributed by atoms with Gasteiger partial charge in [-0.2, -0.15) is 0 Å². The van der Waals surface area contributed by atoms with E-state index in [4.69, 9.17) is 0 Å². The van der Waals surface area contributed by atoms with Crippen LogP contribution in [0.25, 0.3) is 39.3 Å². The molecule has 0 nitrogen and oxygen atoms in total. The highest BCUT2D eigenvalue weighted by molar-refractivity contribution is 6.15. The van der Waals surface area contributed by atoms with Crippen LogP contribution in [0.4, 0.5) is 0 Å². The van der Waals surface area contributed by atoms with Gasteiger partial charge < -0.3 is 0 Å². The van der Waals surface area contributed by atoms with Crippen molar-refractivity contribution in [2.45, 2.75) is 0 Å². The van der Waals surface area contributed by atoms with Gasteiger partial charge in [-0.1, -0.05) is 66.7 Å². The fourth-order valence-electron chi connectivity index (χ4n) is 3.56. The van der Waals surface area contributed by atoms with E-state index in [2.05, 4.69) is 84.9 Å². The fourth-order valence-corrected chi connectivity index (χ4v) is 3.56. The molecule has 0 aliphatic heterocycles. The largest absolute Gasteiger partial charge is 0.0622 e. The van der Waals surface area contributed by atoms with Crippen molar-refractivity contribution in [2.24, 2.45) is 0 Å². The normalized spacial score (nSPS) is 13.2. The minimum atomic E-state index is 1.28. The Labute approximate surface area is 129 Å². The van der Waals surface area contributed by atoms with E-state index >= 15 is 0 Å². The molecule has 0 saturated carbocycles. The molecule has 0 unspecified atom stereocenters. The molecular weight excluding hydrogens is 264 g/mol. The van der Waals surface area contributed by atoms with Crippen molar-refractivity contribution in [1.82, 2.24) is 0 Å². The van der Waals surface area contributed by atoms with Crippen molar-refractivity contribution in [3.8, 4) is 0 Å². The molecule has 0 heteroatoms. The van der Waals surface area contributed by atoms with Crippen LogP contribution in [-0.2, 0) is 0 Å². The Morgan fingerprint density at radius 2 is 1.36 bits per heavy atom. The average Bonchev–Trinajstić information content (AvgIpc) is 3.00. The second-order valence-electron chi connectivity index (χ2n) is 5.87. The second-order valence-corrected chi connectivity index (χ2v) is 5.87. The number of hydrogen-bond acceptors (Lipinski definition) is 0. The molecule has 0 amide bonds. The quantitative estimate of drug-likeness (QED) is 0.457. The monoisotopic (exact) mass is 278 g/mol. The molecule has 0 atom stereocenters. The van der Waals surface area contributed by atoms with Gasteiger partial charge in [0.05, 0.1) is 0 Å². The van der Waals surface area contributed by atoms with Crippen molar-refractivity contribution in [1.29, 1.82) is 0 Å². The van der Waals surface area contributed by atoms with Crippen molar-refractivity contribution in [3.05, 3.63) is 89.1 Å². The molecule has 0 heterocycles. The summed E-state index contributed by atoms with van der Waals surface area (Å²) in [7, 11) is 0. The second kappa shape index (κ2) is 4.32. The minimum absolute atomic E-state index is 1.28. The van der Waals surface area contributed by atoms with Gasteiger partial charge in [0.25, 0.3) is 0 Å². The van der Waals surface area contributed by atoms with Crippen molar-refractivity contribution in [3.63, 3.8) is 0 Å². The highest BCUT2D eigenvalue weighted by atomic mass is 14.2. The van der Waals surface area contributed by atoms with Gasteiger partial charge in [0.1, 0.15) is 0 Å². The third-order valence-electron chi connectivity index (χ3n) is 4.57. The first-order valence-electron chi connectivity index (χ1n) is 7.63. The summed E-state index contributed by atoms with van der Waals surface area (Å²) < 4.78 is 0. The fraction of sp³-hybridized carbons (Fsp3) is 0. The lowest BCUT2D eigenvalue weighted by molar-refractivity contribution is 1.65. The van der Waals surface area contributed by atoms with E-state index in [-0.39, 0.29) is 0 Å². The summed E-state index contributed by atoms with van der Waals surface area (Å²) in [5.74, 6) is 0. The van der Waals surface area contributed by atoms with Crippen LogP contribution in [0.1, 0.15) is 11.1 Å². The molecule has 0 radical (unpaired) electrons. The number of fused-ring (bicyclic) bond motifs is 2. The minimum Gasteiger partial charge on any atom is -0.0622 e. The molecule has 5 rings (SSSR count). The Bertz CT molecular complexity index is 1090. The van der Waals surface area contributed by atoms with Crippen LogP contribution in [0, 0.1) is 0 Å². The first-order chi connectivity index (χ1) is 10.9. The molecule has 4 aromatic carbocycles. The first-order valence-corrected chi connectivity index (χ1v) is 7.63. The number of rotatable bonds is 1. The number of allylic oxidation sites excluding steroid dienone is 1.